The molecule has 3 aromatic rings. The normalized spacial score (nSPS) is 15.8. The Hall–Kier alpha value is -3.94. The maximum atomic E-state index is 13.8. The first-order chi connectivity index (χ1) is 20.8. The molecule has 0 N–H and O–H groups in total. The molecule has 1 heterocycles. The highest BCUT2D eigenvalue weighted by molar-refractivity contribution is 7.99. The van der Waals surface area contributed by atoms with Gasteiger partial charge >= 0.3 is 5.97 Å². The molecule has 0 spiro atoms. The van der Waals surface area contributed by atoms with E-state index in [0.29, 0.717) is 46.0 Å². The molecule has 0 saturated heterocycles. The lowest BCUT2D eigenvalue weighted by Gasteiger charge is -2.28. The summed E-state index contributed by atoms with van der Waals surface area (Å²) < 4.78 is 5.04. The van der Waals surface area contributed by atoms with E-state index in [1.807, 2.05) is 85.8 Å². The van der Waals surface area contributed by atoms with Crippen molar-refractivity contribution in [1.82, 2.24) is 0 Å². The van der Waals surface area contributed by atoms with E-state index in [9.17, 15) is 14.4 Å². The number of thioether (sulfide) groups is 1. The van der Waals surface area contributed by atoms with Gasteiger partial charge in [0.1, 0.15) is 0 Å². The third kappa shape index (κ3) is 6.84. The lowest BCUT2D eigenvalue weighted by molar-refractivity contribution is -0.140. The number of aliphatic imine (C=N–C) groups is 1. The van der Waals surface area contributed by atoms with Gasteiger partial charge in [-0.05, 0) is 79.9 Å². The summed E-state index contributed by atoms with van der Waals surface area (Å²) in [5.41, 5.74) is 6.22. The standard InChI is InChI=1S/C35H33ClN2O4S/c1-4-38-32-15-9-24(34(40)28-8-6-5-7-22(28)2)19-29(32)30-20-25(10-16-33(30)38)35(41)31(37-21-42-23(3)39)17-18-43-27-13-11-26(36)12-14-27/h5-15,19-20,33H,4,16-18,21H2,1-3H3/b37-31+. The van der Waals surface area contributed by atoms with E-state index in [-0.39, 0.29) is 24.3 Å². The molecule has 1 aliphatic heterocycles. The molecule has 0 amide bonds. The van der Waals surface area contributed by atoms with Gasteiger partial charge in [0.05, 0.1) is 11.8 Å². The molecule has 220 valence electrons. The second kappa shape index (κ2) is 13.6. The van der Waals surface area contributed by atoms with Crippen molar-refractivity contribution in [3.05, 3.63) is 112 Å². The van der Waals surface area contributed by atoms with Crippen molar-refractivity contribution < 1.29 is 19.1 Å². The molecule has 0 aromatic heterocycles. The van der Waals surface area contributed by atoms with E-state index in [1.165, 1.54) is 6.92 Å². The van der Waals surface area contributed by atoms with Crippen LogP contribution in [0.2, 0.25) is 5.02 Å². The first kappa shape index (κ1) is 30.5. The van der Waals surface area contributed by atoms with Crippen molar-refractivity contribution in [2.75, 3.05) is 23.9 Å². The van der Waals surface area contributed by atoms with Crippen molar-refractivity contribution in [3.63, 3.8) is 0 Å². The number of benzene rings is 3. The molecule has 0 saturated carbocycles. The molecule has 5 rings (SSSR count). The quantitative estimate of drug-likeness (QED) is 0.0965. The summed E-state index contributed by atoms with van der Waals surface area (Å²) in [4.78, 5) is 46.4. The van der Waals surface area contributed by atoms with E-state index < -0.39 is 5.97 Å². The van der Waals surface area contributed by atoms with Crippen LogP contribution in [-0.2, 0) is 14.3 Å². The Bertz CT molecular complexity index is 1660. The Balaban J connectivity index is 1.41. The van der Waals surface area contributed by atoms with Crippen molar-refractivity contribution in [1.29, 1.82) is 0 Å². The molecular formula is C35H33ClN2O4S. The number of aryl methyl sites for hydroxylation is 1. The number of carbonyl (C=O) groups excluding carboxylic acids is 3. The molecule has 0 fully saturated rings. The van der Waals surface area contributed by atoms with Gasteiger partial charge in [0.25, 0.3) is 0 Å². The van der Waals surface area contributed by atoms with Gasteiger partial charge in [0.2, 0.25) is 5.78 Å². The third-order valence-electron chi connectivity index (χ3n) is 7.69. The first-order valence-electron chi connectivity index (χ1n) is 14.3. The van der Waals surface area contributed by atoms with Crippen molar-refractivity contribution >= 4 is 57.9 Å². The van der Waals surface area contributed by atoms with Gasteiger partial charge in [-0.15, -0.1) is 11.8 Å². The monoisotopic (exact) mass is 612 g/mol. The zero-order valence-electron chi connectivity index (χ0n) is 24.4. The van der Waals surface area contributed by atoms with Crippen molar-refractivity contribution in [2.45, 2.75) is 44.6 Å². The van der Waals surface area contributed by atoms with Gasteiger partial charge in [-0.2, -0.15) is 0 Å². The molecule has 0 bridgehead atoms. The number of hydrogen-bond donors (Lipinski definition) is 0. The van der Waals surface area contributed by atoms with Gasteiger partial charge < -0.3 is 9.64 Å². The Kier molecular flexibility index (Phi) is 9.63. The molecule has 0 radical (unpaired) electrons. The number of allylic oxidation sites excluding steroid dienone is 2. The van der Waals surface area contributed by atoms with E-state index in [2.05, 4.69) is 16.8 Å². The fourth-order valence-electron chi connectivity index (χ4n) is 5.53. The maximum absolute atomic E-state index is 13.8. The number of Topliss-reactive ketones (excluding diaryl/α,β-unsaturated/α-hetero) is 1. The van der Waals surface area contributed by atoms with E-state index in [4.69, 9.17) is 16.3 Å². The molecular weight excluding hydrogens is 580 g/mol. The topological polar surface area (TPSA) is 76.0 Å². The average molecular weight is 613 g/mol. The van der Waals surface area contributed by atoms with Gasteiger partial charge in [0.15, 0.2) is 12.5 Å². The van der Waals surface area contributed by atoms with Crippen LogP contribution in [0, 0.1) is 6.92 Å². The largest absolute Gasteiger partial charge is 0.443 e. The zero-order chi connectivity index (χ0) is 30.5. The predicted octanol–water partition coefficient (Wildman–Crippen LogP) is 7.51. The van der Waals surface area contributed by atoms with Crippen LogP contribution < -0.4 is 4.90 Å². The number of esters is 1. The van der Waals surface area contributed by atoms with Gasteiger partial charge in [-0.1, -0.05) is 41.9 Å². The summed E-state index contributed by atoms with van der Waals surface area (Å²) in [6, 6.07) is 21.1. The number of fused-ring (bicyclic) bond motifs is 3. The minimum Gasteiger partial charge on any atom is -0.443 e. The number of ether oxygens (including phenoxy) is 1. The minimum absolute atomic E-state index is 0.0197. The summed E-state index contributed by atoms with van der Waals surface area (Å²) in [6.07, 6.45) is 4.98. The molecule has 3 aromatic carbocycles. The Morgan fingerprint density at radius 2 is 1.84 bits per heavy atom. The number of likely N-dealkylation sites (N-methyl/N-ethyl adjacent to an activating group) is 1. The number of halogens is 1. The van der Waals surface area contributed by atoms with Crippen LogP contribution in [0.1, 0.15) is 53.7 Å². The summed E-state index contributed by atoms with van der Waals surface area (Å²) in [7, 11) is 0. The number of rotatable bonds is 11. The molecule has 43 heavy (non-hydrogen) atoms. The fourth-order valence-corrected chi connectivity index (χ4v) is 6.51. The third-order valence-corrected chi connectivity index (χ3v) is 8.95. The molecule has 1 atom stereocenters. The van der Waals surface area contributed by atoms with Crippen LogP contribution in [0.4, 0.5) is 5.69 Å². The van der Waals surface area contributed by atoms with Crippen molar-refractivity contribution in [2.24, 2.45) is 4.99 Å². The molecule has 1 unspecified atom stereocenters. The predicted molar refractivity (Wildman–Crippen MR) is 174 cm³/mol. The first-order valence-corrected chi connectivity index (χ1v) is 15.7. The number of hydrogen-bond acceptors (Lipinski definition) is 7. The molecule has 8 heteroatoms. The number of nitrogens with zero attached hydrogens (tertiary/aromatic N) is 2. The van der Waals surface area contributed by atoms with Crippen LogP contribution in [0.5, 0.6) is 0 Å². The summed E-state index contributed by atoms with van der Waals surface area (Å²) in [6.45, 7) is 5.97. The summed E-state index contributed by atoms with van der Waals surface area (Å²) in [5, 5.41) is 0.667. The molecule has 6 nitrogen and oxygen atoms in total. The van der Waals surface area contributed by atoms with Crippen LogP contribution in [-0.4, -0.2) is 48.3 Å². The minimum atomic E-state index is -0.453. The highest BCUT2D eigenvalue weighted by Gasteiger charge is 2.36. The second-order valence-corrected chi connectivity index (χ2v) is 12.0. The van der Waals surface area contributed by atoms with Crippen LogP contribution in [0.25, 0.3) is 5.57 Å². The maximum Gasteiger partial charge on any atom is 0.304 e. The lowest BCUT2D eigenvalue weighted by Crippen LogP contribution is -2.32. The van der Waals surface area contributed by atoms with E-state index in [0.717, 1.165) is 33.8 Å². The van der Waals surface area contributed by atoms with Crippen LogP contribution >= 0.6 is 23.4 Å². The summed E-state index contributed by atoms with van der Waals surface area (Å²) in [5.74, 6) is -0.0337. The van der Waals surface area contributed by atoms with Gasteiger partial charge in [0, 0.05) is 63.5 Å². The summed E-state index contributed by atoms with van der Waals surface area (Å²) >= 11 is 7.61. The smallest absolute Gasteiger partial charge is 0.304 e. The van der Waals surface area contributed by atoms with Gasteiger partial charge in [-0.3, -0.25) is 14.4 Å². The number of carbonyl (C=O) groups is 3. The number of anilines is 1. The van der Waals surface area contributed by atoms with E-state index >= 15 is 0 Å². The lowest BCUT2D eigenvalue weighted by atomic mass is 9.88. The Labute approximate surface area is 261 Å². The zero-order valence-corrected chi connectivity index (χ0v) is 26.0. The average Bonchev–Trinajstić information content (AvgIpc) is 3.32. The highest BCUT2D eigenvalue weighted by atomic mass is 35.5. The van der Waals surface area contributed by atoms with E-state index in [1.54, 1.807) is 11.8 Å². The van der Waals surface area contributed by atoms with Crippen LogP contribution in [0.15, 0.2) is 94.3 Å². The second-order valence-electron chi connectivity index (χ2n) is 10.4. The molecule has 2 aliphatic rings. The van der Waals surface area contributed by atoms with Gasteiger partial charge in [-0.25, -0.2) is 4.99 Å². The Morgan fingerprint density at radius 3 is 2.56 bits per heavy atom. The van der Waals surface area contributed by atoms with Crippen LogP contribution in [0.3, 0.4) is 0 Å². The fraction of sp³-hybridized carbons (Fsp3) is 0.257. The SMILES string of the molecule is CCN1c2ccc(C(=O)c3ccccc3C)cc2C2=CC(C(=O)/C(CCSc3ccc(Cl)cc3)=N/COC(C)=O)=CCC21. The number of ketones is 2. The Morgan fingerprint density at radius 1 is 1.07 bits per heavy atom. The van der Waals surface area contributed by atoms with Crippen molar-refractivity contribution in [3.8, 4) is 0 Å². The molecule has 1 aliphatic carbocycles. The highest BCUT2D eigenvalue weighted by Crippen LogP contribution is 2.45.